The van der Waals surface area contributed by atoms with Crippen LogP contribution < -0.4 is 5.32 Å². The molecule has 1 aromatic carbocycles. The van der Waals surface area contributed by atoms with Crippen LogP contribution in [0.25, 0.3) is 11.5 Å². The van der Waals surface area contributed by atoms with Gasteiger partial charge in [0.15, 0.2) is 5.82 Å². The van der Waals surface area contributed by atoms with Gasteiger partial charge in [-0.2, -0.15) is 0 Å². The van der Waals surface area contributed by atoms with Crippen molar-refractivity contribution in [2.45, 2.75) is 63.4 Å². The van der Waals surface area contributed by atoms with Crippen molar-refractivity contribution in [2.24, 2.45) is 0 Å². The second-order valence-corrected chi connectivity index (χ2v) is 9.80. The van der Waals surface area contributed by atoms with E-state index in [0.717, 1.165) is 42.4 Å². The highest BCUT2D eigenvalue weighted by Crippen LogP contribution is 2.38. The molecule has 0 saturated carbocycles. The lowest BCUT2D eigenvalue weighted by molar-refractivity contribution is 0.0496. The lowest BCUT2D eigenvalue weighted by Gasteiger charge is -2.40. The quantitative estimate of drug-likeness (QED) is 0.440. The molecule has 5 heterocycles. The maximum Gasteiger partial charge on any atom is 0.338 e. The van der Waals surface area contributed by atoms with Gasteiger partial charge in [-0.15, -0.1) is 5.10 Å². The van der Waals surface area contributed by atoms with Crippen molar-refractivity contribution in [3.8, 4) is 11.5 Å². The van der Waals surface area contributed by atoms with E-state index in [4.69, 9.17) is 4.74 Å². The lowest BCUT2D eigenvalue weighted by atomic mass is 9.93. The molecular weight excluding hydrogens is 462 g/mol. The Labute approximate surface area is 207 Å². The number of esters is 1. The molecule has 3 aliphatic rings. The molecule has 2 unspecified atom stereocenters. The van der Waals surface area contributed by atoms with Gasteiger partial charge in [-0.3, -0.25) is 14.7 Å². The number of aliphatic hydroxyl groups excluding tert-OH is 1. The van der Waals surface area contributed by atoms with Gasteiger partial charge in [-0.1, -0.05) is 6.07 Å². The average Bonchev–Trinajstić information content (AvgIpc) is 3.59. The summed E-state index contributed by atoms with van der Waals surface area (Å²) in [6, 6.07) is 7.73. The topological polar surface area (TPSA) is 146 Å². The molecule has 2 aromatic heterocycles. The molecule has 36 heavy (non-hydrogen) atoms. The van der Waals surface area contributed by atoms with E-state index >= 15 is 0 Å². The largest absolute Gasteiger partial charge is 0.457 e. The number of hydrogen-bond acceptors (Lipinski definition) is 9. The number of aliphatic hydroxyl groups is 1. The van der Waals surface area contributed by atoms with Crippen molar-refractivity contribution in [1.82, 2.24) is 35.8 Å². The van der Waals surface area contributed by atoms with Crippen LogP contribution in [0.2, 0.25) is 0 Å². The third-order valence-corrected chi connectivity index (χ3v) is 7.78. The molecule has 0 aliphatic carbocycles. The molecule has 2 fully saturated rings. The first kappa shape index (κ1) is 22.7. The molecule has 11 heteroatoms. The third-order valence-electron chi connectivity index (χ3n) is 7.78. The number of ether oxygens (including phenoxy) is 1. The number of rotatable bonds is 6. The Bertz CT molecular complexity index is 1280. The number of carbonyl (C=O) groups excluding carboxylic acids is 2. The van der Waals surface area contributed by atoms with Gasteiger partial charge < -0.3 is 15.2 Å². The molecule has 1 amide bonds. The number of carbonyl (C=O) groups is 2. The van der Waals surface area contributed by atoms with E-state index in [9.17, 15) is 14.7 Å². The number of cyclic esters (lactones) is 1. The van der Waals surface area contributed by atoms with Crippen LogP contribution in [0, 0.1) is 6.92 Å². The lowest BCUT2D eigenvalue weighted by Crippen LogP contribution is -2.51. The monoisotopic (exact) mass is 489 g/mol. The maximum atomic E-state index is 12.9. The summed E-state index contributed by atoms with van der Waals surface area (Å²) in [4.78, 5) is 31.4. The van der Waals surface area contributed by atoms with Crippen LogP contribution >= 0.6 is 0 Å². The minimum absolute atomic E-state index is 0.0754. The van der Waals surface area contributed by atoms with E-state index < -0.39 is 6.10 Å². The molecule has 0 radical (unpaired) electrons. The summed E-state index contributed by atoms with van der Waals surface area (Å²) >= 11 is 0. The molecule has 3 atom stereocenters. The van der Waals surface area contributed by atoms with Gasteiger partial charge in [-0.25, -0.2) is 9.89 Å². The van der Waals surface area contributed by atoms with Crippen LogP contribution in [0.5, 0.6) is 0 Å². The van der Waals surface area contributed by atoms with Crippen molar-refractivity contribution < 1.29 is 19.4 Å². The van der Waals surface area contributed by atoms with Crippen molar-refractivity contribution in [2.75, 3.05) is 6.54 Å². The number of aromatic amines is 1. The van der Waals surface area contributed by atoms with Gasteiger partial charge in [-0.05, 0) is 72.4 Å². The molecular formula is C25H27N7O4. The van der Waals surface area contributed by atoms with Crippen molar-refractivity contribution >= 4 is 11.9 Å². The van der Waals surface area contributed by atoms with E-state index in [-0.39, 0.29) is 24.5 Å². The predicted molar refractivity (Wildman–Crippen MR) is 127 cm³/mol. The van der Waals surface area contributed by atoms with Gasteiger partial charge >= 0.3 is 5.97 Å². The Balaban J connectivity index is 1.08. The minimum atomic E-state index is -0.649. The first-order valence-electron chi connectivity index (χ1n) is 12.2. The normalized spacial score (nSPS) is 23.8. The molecule has 6 rings (SSSR count). The molecule has 11 nitrogen and oxygen atoms in total. The van der Waals surface area contributed by atoms with E-state index in [1.165, 1.54) is 6.20 Å². The fraction of sp³-hybridized carbons (Fsp3) is 0.440. The van der Waals surface area contributed by atoms with Crippen molar-refractivity contribution in [3.63, 3.8) is 0 Å². The molecule has 3 aromatic rings. The van der Waals surface area contributed by atoms with Gasteiger partial charge in [0.05, 0.1) is 17.2 Å². The van der Waals surface area contributed by atoms with Crippen LogP contribution in [-0.2, 0) is 11.3 Å². The van der Waals surface area contributed by atoms with Crippen LogP contribution in [-0.4, -0.2) is 72.2 Å². The Hall–Kier alpha value is -3.70. The summed E-state index contributed by atoms with van der Waals surface area (Å²) in [6.07, 6.45) is 4.67. The molecule has 186 valence electrons. The summed E-state index contributed by atoms with van der Waals surface area (Å²) < 4.78 is 5.15. The van der Waals surface area contributed by atoms with E-state index in [1.807, 2.05) is 13.0 Å². The van der Waals surface area contributed by atoms with Gasteiger partial charge in [0.25, 0.3) is 5.91 Å². The van der Waals surface area contributed by atoms with E-state index in [1.54, 1.807) is 18.2 Å². The first-order valence-corrected chi connectivity index (χ1v) is 12.2. The van der Waals surface area contributed by atoms with Crippen LogP contribution in [0.3, 0.4) is 0 Å². The molecule has 3 N–H and O–H groups in total. The Morgan fingerprint density at radius 2 is 2.06 bits per heavy atom. The molecule has 2 saturated heterocycles. The Morgan fingerprint density at radius 3 is 2.75 bits per heavy atom. The smallest absolute Gasteiger partial charge is 0.338 e. The fourth-order valence-electron chi connectivity index (χ4n) is 5.92. The van der Waals surface area contributed by atoms with Crippen LogP contribution in [0.4, 0.5) is 0 Å². The summed E-state index contributed by atoms with van der Waals surface area (Å²) in [6.45, 7) is 2.75. The zero-order valence-electron chi connectivity index (χ0n) is 19.8. The number of hydrogen-bond donors (Lipinski definition) is 3. The number of tetrazole rings is 1. The molecule has 2 bridgehead atoms. The predicted octanol–water partition coefficient (Wildman–Crippen LogP) is 1.70. The van der Waals surface area contributed by atoms with E-state index in [0.29, 0.717) is 41.3 Å². The highest BCUT2D eigenvalue weighted by atomic mass is 16.5. The van der Waals surface area contributed by atoms with Crippen molar-refractivity contribution in [1.29, 1.82) is 0 Å². The summed E-state index contributed by atoms with van der Waals surface area (Å²) in [5, 5.41) is 27.8. The maximum absolute atomic E-state index is 12.9. The molecule has 3 aliphatic heterocycles. The van der Waals surface area contributed by atoms with Gasteiger partial charge in [0.1, 0.15) is 12.3 Å². The SMILES string of the molecule is Cc1c([C@@H](O)CN2C3CCC2CC(NC(=O)c2ccc(-c4nnn[nH]4)nc2)C3)ccc2c1COC2=O. The highest BCUT2D eigenvalue weighted by molar-refractivity contribution is 5.94. The standard InChI is InChI=1S/C25H27N7O4/c1-13-18(5-6-19-20(13)12-36-25(19)35)22(33)11-32-16-3-4-17(32)9-15(8-16)27-24(34)14-2-7-21(26-10-14)23-28-30-31-29-23/h2,5-7,10,15-17,22,33H,3-4,8-9,11-12H2,1H3,(H,27,34)(H,28,29,30,31)/t15?,16?,17?,22-/m0/s1. The van der Waals surface area contributed by atoms with Crippen LogP contribution in [0.15, 0.2) is 30.5 Å². The summed E-state index contributed by atoms with van der Waals surface area (Å²) in [5.74, 6) is 0.00769. The van der Waals surface area contributed by atoms with Gasteiger partial charge in [0.2, 0.25) is 0 Å². The Morgan fingerprint density at radius 1 is 1.25 bits per heavy atom. The highest BCUT2D eigenvalue weighted by Gasteiger charge is 2.42. The molecule has 0 spiro atoms. The van der Waals surface area contributed by atoms with Gasteiger partial charge in [0, 0.05) is 36.4 Å². The zero-order chi connectivity index (χ0) is 24.8. The number of nitrogens with zero attached hydrogens (tertiary/aromatic N) is 5. The number of pyridine rings is 1. The Kier molecular flexibility index (Phi) is 5.73. The summed E-state index contributed by atoms with van der Waals surface area (Å²) in [7, 11) is 0. The number of nitrogens with one attached hydrogen (secondary N) is 2. The average molecular weight is 490 g/mol. The zero-order valence-corrected chi connectivity index (χ0v) is 19.8. The second kappa shape index (κ2) is 9.07. The number of benzene rings is 1. The number of aromatic nitrogens is 5. The fourth-order valence-corrected chi connectivity index (χ4v) is 5.92. The minimum Gasteiger partial charge on any atom is -0.457 e. The second-order valence-electron chi connectivity index (χ2n) is 9.80. The number of fused-ring (bicyclic) bond motifs is 3. The third kappa shape index (κ3) is 4.03. The number of piperidine rings is 1. The summed E-state index contributed by atoms with van der Waals surface area (Å²) in [5.41, 5.74) is 4.31. The first-order chi connectivity index (χ1) is 17.5. The van der Waals surface area contributed by atoms with Crippen LogP contribution in [0.1, 0.15) is 69.2 Å². The number of H-pyrrole nitrogens is 1. The van der Waals surface area contributed by atoms with Crippen molar-refractivity contribution in [3.05, 3.63) is 58.3 Å². The number of amides is 1. The van der Waals surface area contributed by atoms with E-state index in [2.05, 4.69) is 35.8 Å².